The standard InChI is InChI=1S/C13H24N2O3/c1-13(2,3)18-12(17)6-5-11(16)14-10-7-8-15(4)9-10/h10H,5-9H2,1-4H3,(H,14,16). The second-order valence-electron chi connectivity index (χ2n) is 5.90. The molecular formula is C13H24N2O3. The molecule has 1 rings (SSSR count). The second-order valence-corrected chi connectivity index (χ2v) is 5.90. The number of rotatable bonds is 4. The lowest BCUT2D eigenvalue weighted by molar-refractivity contribution is -0.155. The molecule has 1 fully saturated rings. The van der Waals surface area contributed by atoms with Gasteiger partial charge in [-0.05, 0) is 40.8 Å². The SMILES string of the molecule is CN1CCC(NC(=O)CCC(=O)OC(C)(C)C)C1. The maximum Gasteiger partial charge on any atom is 0.306 e. The van der Waals surface area contributed by atoms with E-state index in [9.17, 15) is 9.59 Å². The molecule has 0 aromatic carbocycles. The molecule has 1 unspecified atom stereocenters. The average molecular weight is 256 g/mol. The maximum absolute atomic E-state index is 11.6. The lowest BCUT2D eigenvalue weighted by Gasteiger charge is -2.19. The number of esters is 1. The van der Waals surface area contributed by atoms with Crippen molar-refractivity contribution >= 4 is 11.9 Å². The minimum atomic E-state index is -0.484. The quantitative estimate of drug-likeness (QED) is 0.760. The van der Waals surface area contributed by atoms with E-state index in [0.717, 1.165) is 19.5 Å². The summed E-state index contributed by atoms with van der Waals surface area (Å²) in [6.07, 6.45) is 1.33. The van der Waals surface area contributed by atoms with Crippen LogP contribution in [0, 0.1) is 0 Å². The van der Waals surface area contributed by atoms with Crippen LogP contribution in [-0.2, 0) is 14.3 Å². The number of amides is 1. The Kier molecular flexibility index (Phi) is 5.14. The molecular weight excluding hydrogens is 232 g/mol. The molecule has 0 saturated carbocycles. The Balaban J connectivity index is 2.19. The summed E-state index contributed by atoms with van der Waals surface area (Å²) in [4.78, 5) is 25.3. The summed E-state index contributed by atoms with van der Waals surface area (Å²) in [7, 11) is 2.03. The third-order valence-electron chi connectivity index (χ3n) is 2.73. The number of carbonyl (C=O) groups is 2. The number of ether oxygens (including phenoxy) is 1. The normalized spacial score (nSPS) is 20.8. The fourth-order valence-electron chi connectivity index (χ4n) is 1.96. The van der Waals surface area contributed by atoms with Crippen molar-refractivity contribution in [1.82, 2.24) is 10.2 Å². The van der Waals surface area contributed by atoms with Crippen molar-refractivity contribution in [2.45, 2.75) is 51.7 Å². The maximum atomic E-state index is 11.6. The Morgan fingerprint density at radius 1 is 1.33 bits per heavy atom. The summed E-state index contributed by atoms with van der Waals surface area (Å²) < 4.78 is 5.15. The number of nitrogens with zero attached hydrogens (tertiary/aromatic N) is 1. The van der Waals surface area contributed by atoms with Crippen molar-refractivity contribution in [3.63, 3.8) is 0 Å². The largest absolute Gasteiger partial charge is 0.460 e. The van der Waals surface area contributed by atoms with Gasteiger partial charge in [-0.1, -0.05) is 0 Å². The monoisotopic (exact) mass is 256 g/mol. The van der Waals surface area contributed by atoms with E-state index in [1.807, 2.05) is 27.8 Å². The van der Waals surface area contributed by atoms with E-state index in [-0.39, 0.29) is 30.8 Å². The first-order valence-corrected chi connectivity index (χ1v) is 6.46. The summed E-state index contributed by atoms with van der Waals surface area (Å²) >= 11 is 0. The van der Waals surface area contributed by atoms with E-state index in [1.165, 1.54) is 0 Å². The molecule has 1 N–H and O–H groups in total. The smallest absolute Gasteiger partial charge is 0.306 e. The Bertz CT molecular complexity index is 310. The van der Waals surface area contributed by atoms with Crippen LogP contribution in [0.4, 0.5) is 0 Å². The number of hydrogen-bond acceptors (Lipinski definition) is 4. The highest BCUT2D eigenvalue weighted by Crippen LogP contribution is 2.10. The Hall–Kier alpha value is -1.10. The Morgan fingerprint density at radius 2 is 2.00 bits per heavy atom. The van der Waals surface area contributed by atoms with E-state index in [2.05, 4.69) is 10.2 Å². The summed E-state index contributed by atoms with van der Waals surface area (Å²) in [5, 5.41) is 2.94. The molecule has 0 aromatic rings. The molecule has 0 aliphatic carbocycles. The van der Waals surface area contributed by atoms with E-state index in [4.69, 9.17) is 4.74 Å². The van der Waals surface area contributed by atoms with Gasteiger partial charge in [0.15, 0.2) is 0 Å². The van der Waals surface area contributed by atoms with Crippen LogP contribution in [0.2, 0.25) is 0 Å². The minimum Gasteiger partial charge on any atom is -0.460 e. The zero-order chi connectivity index (χ0) is 13.8. The van der Waals surface area contributed by atoms with Crippen LogP contribution in [0.1, 0.15) is 40.0 Å². The highest BCUT2D eigenvalue weighted by Gasteiger charge is 2.22. The number of carbonyl (C=O) groups excluding carboxylic acids is 2. The molecule has 1 aliphatic heterocycles. The third-order valence-corrected chi connectivity index (χ3v) is 2.73. The van der Waals surface area contributed by atoms with Crippen molar-refractivity contribution in [3.05, 3.63) is 0 Å². The average Bonchev–Trinajstić information content (AvgIpc) is 2.58. The lowest BCUT2D eigenvalue weighted by Crippen LogP contribution is -2.36. The van der Waals surface area contributed by atoms with Gasteiger partial charge in [-0.15, -0.1) is 0 Å². The van der Waals surface area contributed by atoms with Gasteiger partial charge in [0, 0.05) is 19.0 Å². The van der Waals surface area contributed by atoms with Crippen molar-refractivity contribution < 1.29 is 14.3 Å². The second kappa shape index (κ2) is 6.18. The van der Waals surface area contributed by atoms with Gasteiger partial charge in [-0.25, -0.2) is 0 Å². The summed E-state index contributed by atoms with van der Waals surface area (Å²) in [5.41, 5.74) is -0.484. The first-order valence-electron chi connectivity index (χ1n) is 6.46. The molecule has 1 heterocycles. The van der Waals surface area contributed by atoms with Gasteiger partial charge in [0.1, 0.15) is 5.60 Å². The van der Waals surface area contributed by atoms with Gasteiger partial charge in [-0.3, -0.25) is 9.59 Å². The topological polar surface area (TPSA) is 58.6 Å². The summed E-state index contributed by atoms with van der Waals surface area (Å²) in [6, 6.07) is 0.223. The summed E-state index contributed by atoms with van der Waals surface area (Å²) in [5.74, 6) is -0.387. The zero-order valence-corrected chi connectivity index (χ0v) is 11.8. The van der Waals surface area contributed by atoms with Gasteiger partial charge < -0.3 is 15.0 Å². The van der Waals surface area contributed by atoms with Crippen LogP contribution in [0.3, 0.4) is 0 Å². The van der Waals surface area contributed by atoms with E-state index in [0.29, 0.717) is 0 Å². The van der Waals surface area contributed by atoms with Crippen LogP contribution in [0.25, 0.3) is 0 Å². The van der Waals surface area contributed by atoms with Crippen LogP contribution in [-0.4, -0.2) is 48.6 Å². The van der Waals surface area contributed by atoms with Crippen LogP contribution >= 0.6 is 0 Å². The van der Waals surface area contributed by atoms with Gasteiger partial charge in [0.05, 0.1) is 6.42 Å². The van der Waals surface area contributed by atoms with Gasteiger partial charge in [-0.2, -0.15) is 0 Å². The first kappa shape index (κ1) is 15.0. The van der Waals surface area contributed by atoms with Crippen molar-refractivity contribution in [3.8, 4) is 0 Å². The van der Waals surface area contributed by atoms with Crippen molar-refractivity contribution in [2.24, 2.45) is 0 Å². The highest BCUT2D eigenvalue weighted by molar-refractivity contribution is 5.81. The van der Waals surface area contributed by atoms with Gasteiger partial charge in [0.25, 0.3) is 0 Å². The molecule has 1 atom stereocenters. The molecule has 0 aromatic heterocycles. The fraction of sp³-hybridized carbons (Fsp3) is 0.846. The molecule has 5 heteroatoms. The zero-order valence-electron chi connectivity index (χ0n) is 11.8. The number of nitrogens with one attached hydrogen (secondary N) is 1. The number of likely N-dealkylation sites (tertiary alicyclic amines) is 1. The minimum absolute atomic E-state index is 0.0684. The molecule has 1 aliphatic rings. The molecule has 0 bridgehead atoms. The molecule has 5 nitrogen and oxygen atoms in total. The van der Waals surface area contributed by atoms with Gasteiger partial charge >= 0.3 is 5.97 Å². The van der Waals surface area contributed by atoms with Crippen molar-refractivity contribution in [1.29, 1.82) is 0 Å². The van der Waals surface area contributed by atoms with E-state index < -0.39 is 5.60 Å². The molecule has 1 amide bonds. The summed E-state index contributed by atoms with van der Waals surface area (Å²) in [6.45, 7) is 7.35. The first-order chi connectivity index (χ1) is 8.26. The fourth-order valence-corrected chi connectivity index (χ4v) is 1.96. The molecule has 0 spiro atoms. The van der Waals surface area contributed by atoms with Crippen LogP contribution in [0.5, 0.6) is 0 Å². The van der Waals surface area contributed by atoms with Crippen molar-refractivity contribution in [2.75, 3.05) is 20.1 Å². The highest BCUT2D eigenvalue weighted by atomic mass is 16.6. The van der Waals surface area contributed by atoms with Crippen LogP contribution in [0.15, 0.2) is 0 Å². The lowest BCUT2D eigenvalue weighted by atomic mass is 10.2. The molecule has 104 valence electrons. The molecule has 0 radical (unpaired) electrons. The van der Waals surface area contributed by atoms with Gasteiger partial charge in [0.2, 0.25) is 5.91 Å². The number of hydrogen-bond donors (Lipinski definition) is 1. The van der Waals surface area contributed by atoms with Crippen LogP contribution < -0.4 is 5.32 Å². The number of likely N-dealkylation sites (N-methyl/N-ethyl adjacent to an activating group) is 1. The van der Waals surface area contributed by atoms with E-state index >= 15 is 0 Å². The molecule has 18 heavy (non-hydrogen) atoms. The predicted octanol–water partition coefficient (Wildman–Crippen LogP) is 0.929. The Labute approximate surface area is 109 Å². The predicted molar refractivity (Wildman–Crippen MR) is 69.1 cm³/mol. The molecule has 1 saturated heterocycles. The Morgan fingerprint density at radius 3 is 2.50 bits per heavy atom. The van der Waals surface area contributed by atoms with E-state index in [1.54, 1.807) is 0 Å². The third kappa shape index (κ3) is 6.00.